The molecule has 0 amide bonds. The number of esters is 1. The summed E-state index contributed by atoms with van der Waals surface area (Å²) in [6, 6.07) is 11.8. The lowest BCUT2D eigenvalue weighted by Gasteiger charge is -2.03. The predicted octanol–water partition coefficient (Wildman–Crippen LogP) is 3.28. The van der Waals surface area contributed by atoms with Crippen molar-refractivity contribution in [2.75, 3.05) is 13.2 Å². The number of carbonyl (C=O) groups excluding carboxylic acids is 1. The Balaban J connectivity index is 2.37. The van der Waals surface area contributed by atoms with Crippen molar-refractivity contribution in [1.29, 1.82) is 0 Å². The van der Waals surface area contributed by atoms with E-state index in [4.69, 9.17) is 9.84 Å². The normalized spacial score (nSPS) is 10.7. The maximum Gasteiger partial charge on any atom is 0.338 e. The molecule has 0 saturated carbocycles. The molecule has 0 aliphatic heterocycles. The summed E-state index contributed by atoms with van der Waals surface area (Å²) in [4.78, 5) is 12.1. The van der Waals surface area contributed by atoms with E-state index in [2.05, 4.69) is 6.92 Å². The summed E-state index contributed by atoms with van der Waals surface area (Å²) in [5.74, 6) is -0.363. The van der Waals surface area contributed by atoms with Gasteiger partial charge in [-0.3, -0.25) is 0 Å². The van der Waals surface area contributed by atoms with E-state index in [-0.39, 0.29) is 19.2 Å². The van der Waals surface area contributed by atoms with Crippen LogP contribution in [0.25, 0.3) is 11.1 Å². The minimum absolute atomic E-state index is 0.0365. The molecule has 1 N–H and O–H groups in total. The van der Waals surface area contributed by atoms with Crippen LogP contribution >= 0.6 is 0 Å². The van der Waals surface area contributed by atoms with Crippen molar-refractivity contribution in [3.63, 3.8) is 0 Å². The molecule has 2 rings (SSSR count). The lowest BCUT2D eigenvalue weighted by atomic mass is 10.0. The fourth-order valence-electron chi connectivity index (χ4n) is 2.35. The summed E-state index contributed by atoms with van der Waals surface area (Å²) in [6.07, 6.45) is 3.18. The molecule has 106 valence electrons. The van der Waals surface area contributed by atoms with E-state index in [0.29, 0.717) is 5.56 Å². The Bertz CT molecular complexity index is 548. The summed E-state index contributed by atoms with van der Waals surface area (Å²) in [5.41, 5.74) is 3.81. The first-order valence-corrected chi connectivity index (χ1v) is 7.06. The second-order valence-corrected chi connectivity index (χ2v) is 4.78. The van der Waals surface area contributed by atoms with E-state index in [1.807, 2.05) is 36.4 Å². The molecule has 0 aromatic rings. The Kier molecular flexibility index (Phi) is 5.13. The molecule has 0 bridgehead atoms. The topological polar surface area (TPSA) is 46.5 Å². The SMILES string of the molecule is CCCCc1cc(C(=O)OCCO)c2cccccc1-2. The van der Waals surface area contributed by atoms with E-state index in [1.165, 1.54) is 5.56 Å². The molecule has 3 nitrogen and oxygen atoms in total. The molecule has 2 aliphatic rings. The first-order chi connectivity index (χ1) is 9.77. The predicted molar refractivity (Wildman–Crippen MR) is 79.0 cm³/mol. The van der Waals surface area contributed by atoms with Crippen LogP contribution in [0.15, 0.2) is 36.4 Å². The maximum absolute atomic E-state index is 12.1. The standard InChI is InChI=1S/C17H20O3/c1-2-3-7-13-12-16(17(19)20-11-10-18)15-9-6-4-5-8-14(13)15/h4-6,8-9,12,18H,2-3,7,10-11H2,1H3. The van der Waals surface area contributed by atoms with Crippen LogP contribution < -0.4 is 0 Å². The zero-order chi connectivity index (χ0) is 14.4. The lowest BCUT2D eigenvalue weighted by molar-refractivity contribution is 0.0435. The highest BCUT2D eigenvalue weighted by atomic mass is 16.5. The molecule has 0 heterocycles. The second-order valence-electron chi connectivity index (χ2n) is 4.78. The van der Waals surface area contributed by atoms with Gasteiger partial charge in [-0.1, -0.05) is 43.7 Å². The Morgan fingerprint density at radius 1 is 1.20 bits per heavy atom. The third-order valence-electron chi connectivity index (χ3n) is 3.34. The molecule has 2 aliphatic carbocycles. The number of fused-ring (bicyclic) bond motifs is 1. The monoisotopic (exact) mass is 272 g/mol. The summed E-state index contributed by atoms with van der Waals surface area (Å²) in [6.45, 7) is 2.04. The van der Waals surface area contributed by atoms with Crippen molar-refractivity contribution >= 4 is 5.97 Å². The number of carbonyl (C=O) groups is 1. The number of ether oxygens (including phenoxy) is 1. The summed E-state index contributed by atoms with van der Waals surface area (Å²) in [5, 5.41) is 8.76. The van der Waals surface area contributed by atoms with Gasteiger partial charge >= 0.3 is 5.97 Å². The summed E-state index contributed by atoms with van der Waals surface area (Å²) >= 11 is 0. The maximum atomic E-state index is 12.1. The van der Waals surface area contributed by atoms with Gasteiger partial charge in [-0.2, -0.15) is 0 Å². The fourth-order valence-corrected chi connectivity index (χ4v) is 2.35. The van der Waals surface area contributed by atoms with Gasteiger partial charge < -0.3 is 9.84 Å². The summed E-state index contributed by atoms with van der Waals surface area (Å²) in [7, 11) is 0. The minimum atomic E-state index is -0.363. The lowest BCUT2D eigenvalue weighted by Crippen LogP contribution is -2.08. The third kappa shape index (κ3) is 3.17. The van der Waals surface area contributed by atoms with Gasteiger partial charge in [0.25, 0.3) is 0 Å². The van der Waals surface area contributed by atoms with Gasteiger partial charge in [-0.25, -0.2) is 4.79 Å². The minimum Gasteiger partial charge on any atom is -0.460 e. The molecular formula is C17H20O3. The number of hydrogen-bond acceptors (Lipinski definition) is 3. The van der Waals surface area contributed by atoms with Crippen molar-refractivity contribution in [3.8, 4) is 11.1 Å². The number of rotatable bonds is 6. The molecule has 0 fully saturated rings. The summed E-state index contributed by atoms with van der Waals surface area (Å²) < 4.78 is 5.04. The van der Waals surface area contributed by atoms with Crippen molar-refractivity contribution in [2.45, 2.75) is 26.2 Å². The van der Waals surface area contributed by atoms with Gasteiger partial charge in [-0.15, -0.1) is 0 Å². The Morgan fingerprint density at radius 3 is 2.65 bits per heavy atom. The number of unbranched alkanes of at least 4 members (excludes halogenated alkanes) is 1. The van der Waals surface area contributed by atoms with Crippen LogP contribution in [0.1, 0.15) is 35.7 Å². The van der Waals surface area contributed by atoms with Crippen LogP contribution in [0.2, 0.25) is 0 Å². The third-order valence-corrected chi connectivity index (χ3v) is 3.34. The molecule has 0 aromatic heterocycles. The Morgan fingerprint density at radius 2 is 1.95 bits per heavy atom. The van der Waals surface area contributed by atoms with E-state index in [1.54, 1.807) is 0 Å². The van der Waals surface area contributed by atoms with E-state index in [9.17, 15) is 4.79 Å². The molecule has 3 heteroatoms. The number of hydrogen-bond donors (Lipinski definition) is 1. The fraction of sp³-hybridized carbons (Fsp3) is 0.353. The van der Waals surface area contributed by atoms with Gasteiger partial charge in [0.15, 0.2) is 0 Å². The van der Waals surface area contributed by atoms with Crippen LogP contribution in [0.4, 0.5) is 0 Å². The van der Waals surface area contributed by atoms with E-state index < -0.39 is 0 Å². The number of aryl methyl sites for hydroxylation is 1. The molecule has 0 unspecified atom stereocenters. The zero-order valence-corrected chi connectivity index (χ0v) is 11.8. The Labute approximate surface area is 119 Å². The molecule has 0 atom stereocenters. The second kappa shape index (κ2) is 7.06. The van der Waals surface area contributed by atoms with Crippen molar-refractivity contribution in [2.24, 2.45) is 0 Å². The average Bonchev–Trinajstić information content (AvgIpc) is 2.64. The highest BCUT2D eigenvalue weighted by Crippen LogP contribution is 2.33. The number of aliphatic hydroxyl groups is 1. The number of aliphatic hydroxyl groups excluding tert-OH is 1. The quantitative estimate of drug-likeness (QED) is 0.821. The molecular weight excluding hydrogens is 252 g/mol. The first-order valence-electron chi connectivity index (χ1n) is 7.06. The van der Waals surface area contributed by atoms with Gasteiger partial charge in [-0.05, 0) is 35.6 Å². The van der Waals surface area contributed by atoms with Crippen molar-refractivity contribution < 1.29 is 14.6 Å². The van der Waals surface area contributed by atoms with E-state index in [0.717, 1.165) is 30.4 Å². The van der Waals surface area contributed by atoms with E-state index >= 15 is 0 Å². The average molecular weight is 272 g/mol. The highest BCUT2D eigenvalue weighted by Gasteiger charge is 2.20. The smallest absolute Gasteiger partial charge is 0.338 e. The van der Waals surface area contributed by atoms with Crippen LogP contribution in [0.5, 0.6) is 0 Å². The molecule has 0 saturated heterocycles. The van der Waals surface area contributed by atoms with Crippen LogP contribution in [0, 0.1) is 0 Å². The van der Waals surface area contributed by atoms with Crippen molar-refractivity contribution in [1.82, 2.24) is 0 Å². The molecule has 20 heavy (non-hydrogen) atoms. The highest BCUT2D eigenvalue weighted by molar-refractivity contribution is 6.00. The Hall–Kier alpha value is -1.87. The molecule has 0 radical (unpaired) electrons. The zero-order valence-electron chi connectivity index (χ0n) is 11.8. The van der Waals surface area contributed by atoms with Gasteiger partial charge in [0.05, 0.1) is 12.2 Å². The molecule has 0 spiro atoms. The van der Waals surface area contributed by atoms with Crippen LogP contribution in [-0.4, -0.2) is 24.3 Å². The van der Waals surface area contributed by atoms with Gasteiger partial charge in [0.2, 0.25) is 0 Å². The largest absolute Gasteiger partial charge is 0.460 e. The molecule has 0 aromatic carbocycles. The first kappa shape index (κ1) is 14.5. The van der Waals surface area contributed by atoms with Crippen LogP contribution in [0.3, 0.4) is 0 Å². The van der Waals surface area contributed by atoms with Gasteiger partial charge in [0.1, 0.15) is 6.61 Å². The van der Waals surface area contributed by atoms with Crippen LogP contribution in [-0.2, 0) is 11.2 Å². The van der Waals surface area contributed by atoms with Crippen molar-refractivity contribution in [3.05, 3.63) is 47.5 Å². The van der Waals surface area contributed by atoms with Gasteiger partial charge in [0, 0.05) is 0 Å².